The predicted molar refractivity (Wildman–Crippen MR) is 74.4 cm³/mol. The molecule has 1 fully saturated rings. The van der Waals surface area contributed by atoms with Gasteiger partial charge in [-0.1, -0.05) is 50.6 Å². The Balaban J connectivity index is 1.77. The maximum Gasteiger partial charge on any atom is 0.00789 e. The standard InChI is InChI=1S/C16H25N/c1-12-5-7-13(8-6-12)14-9-15(10-14)17-11-16(2,3)4/h5-8,14-15,17H,9-11H2,1-4H3. The van der Waals surface area contributed by atoms with Gasteiger partial charge in [0.2, 0.25) is 0 Å². The highest BCUT2D eigenvalue weighted by atomic mass is 14.9. The molecule has 2 rings (SSSR count). The Morgan fingerprint density at radius 2 is 1.71 bits per heavy atom. The first-order valence-electron chi connectivity index (χ1n) is 6.74. The van der Waals surface area contributed by atoms with Gasteiger partial charge in [0.05, 0.1) is 0 Å². The third-order valence-electron chi connectivity index (χ3n) is 3.61. The topological polar surface area (TPSA) is 12.0 Å². The third kappa shape index (κ3) is 3.57. The molecule has 0 bridgehead atoms. The number of rotatable bonds is 3. The van der Waals surface area contributed by atoms with E-state index in [0.717, 1.165) is 18.5 Å². The Morgan fingerprint density at radius 3 is 2.24 bits per heavy atom. The summed E-state index contributed by atoms with van der Waals surface area (Å²) in [6.07, 6.45) is 2.61. The van der Waals surface area contributed by atoms with Crippen molar-refractivity contribution in [3.05, 3.63) is 35.4 Å². The molecule has 0 spiro atoms. The van der Waals surface area contributed by atoms with E-state index in [0.29, 0.717) is 5.41 Å². The van der Waals surface area contributed by atoms with Crippen molar-refractivity contribution in [3.8, 4) is 0 Å². The largest absolute Gasteiger partial charge is 0.313 e. The van der Waals surface area contributed by atoms with Crippen LogP contribution in [-0.4, -0.2) is 12.6 Å². The first kappa shape index (κ1) is 12.6. The minimum atomic E-state index is 0.398. The van der Waals surface area contributed by atoms with Crippen molar-refractivity contribution < 1.29 is 0 Å². The van der Waals surface area contributed by atoms with Crippen LogP contribution in [0.2, 0.25) is 0 Å². The fourth-order valence-electron chi connectivity index (χ4n) is 2.35. The highest BCUT2D eigenvalue weighted by Gasteiger charge is 2.30. The summed E-state index contributed by atoms with van der Waals surface area (Å²) >= 11 is 0. The van der Waals surface area contributed by atoms with Gasteiger partial charge < -0.3 is 5.32 Å². The molecule has 1 aliphatic rings. The smallest absolute Gasteiger partial charge is 0.00789 e. The van der Waals surface area contributed by atoms with E-state index in [2.05, 4.69) is 57.3 Å². The van der Waals surface area contributed by atoms with Gasteiger partial charge in [-0.25, -0.2) is 0 Å². The van der Waals surface area contributed by atoms with Crippen LogP contribution in [0.15, 0.2) is 24.3 Å². The Kier molecular flexibility index (Phi) is 3.58. The van der Waals surface area contributed by atoms with Crippen molar-refractivity contribution in [2.45, 2.75) is 52.5 Å². The molecule has 1 aromatic rings. The number of benzene rings is 1. The summed E-state index contributed by atoms with van der Waals surface area (Å²) in [6, 6.07) is 9.77. The van der Waals surface area contributed by atoms with Gasteiger partial charge >= 0.3 is 0 Å². The zero-order chi connectivity index (χ0) is 12.5. The molecule has 0 unspecified atom stereocenters. The number of nitrogens with one attached hydrogen (secondary N) is 1. The molecular formula is C16H25N. The Labute approximate surface area is 106 Å². The lowest BCUT2D eigenvalue weighted by Crippen LogP contribution is -2.43. The molecule has 1 aromatic carbocycles. The first-order valence-corrected chi connectivity index (χ1v) is 6.74. The molecule has 0 saturated heterocycles. The quantitative estimate of drug-likeness (QED) is 0.832. The van der Waals surface area contributed by atoms with Crippen molar-refractivity contribution in [3.63, 3.8) is 0 Å². The predicted octanol–water partition coefficient (Wildman–Crippen LogP) is 3.88. The van der Waals surface area contributed by atoms with E-state index in [1.165, 1.54) is 24.0 Å². The van der Waals surface area contributed by atoms with Crippen molar-refractivity contribution in [1.29, 1.82) is 0 Å². The average molecular weight is 231 g/mol. The molecule has 1 aliphatic carbocycles. The molecule has 0 heterocycles. The van der Waals surface area contributed by atoms with Gasteiger partial charge in [0, 0.05) is 12.6 Å². The van der Waals surface area contributed by atoms with Crippen LogP contribution in [-0.2, 0) is 0 Å². The molecule has 0 aromatic heterocycles. The fraction of sp³-hybridized carbons (Fsp3) is 0.625. The van der Waals surface area contributed by atoms with E-state index in [-0.39, 0.29) is 0 Å². The monoisotopic (exact) mass is 231 g/mol. The summed E-state index contributed by atoms with van der Waals surface area (Å²) in [5, 5.41) is 3.67. The van der Waals surface area contributed by atoms with Crippen molar-refractivity contribution in [2.75, 3.05) is 6.54 Å². The van der Waals surface area contributed by atoms with Crippen LogP contribution in [0.1, 0.15) is 50.7 Å². The molecule has 0 aliphatic heterocycles. The lowest BCUT2D eigenvalue weighted by atomic mass is 9.75. The van der Waals surface area contributed by atoms with Crippen molar-refractivity contribution in [2.24, 2.45) is 5.41 Å². The molecule has 0 amide bonds. The Morgan fingerprint density at radius 1 is 1.12 bits per heavy atom. The van der Waals surface area contributed by atoms with Crippen LogP contribution < -0.4 is 5.32 Å². The number of aryl methyl sites for hydroxylation is 1. The summed E-state index contributed by atoms with van der Waals surface area (Å²) in [6.45, 7) is 10.1. The molecule has 17 heavy (non-hydrogen) atoms. The molecule has 94 valence electrons. The van der Waals surface area contributed by atoms with Gasteiger partial charge in [0.15, 0.2) is 0 Å². The van der Waals surface area contributed by atoms with Crippen LogP contribution in [0.3, 0.4) is 0 Å². The molecule has 1 heteroatoms. The van der Waals surface area contributed by atoms with Gasteiger partial charge in [0.25, 0.3) is 0 Å². The summed E-state index contributed by atoms with van der Waals surface area (Å²) in [7, 11) is 0. The van der Waals surface area contributed by atoms with E-state index < -0.39 is 0 Å². The summed E-state index contributed by atoms with van der Waals surface area (Å²) in [4.78, 5) is 0. The van der Waals surface area contributed by atoms with Crippen LogP contribution in [0, 0.1) is 12.3 Å². The SMILES string of the molecule is Cc1ccc(C2CC(NCC(C)(C)C)C2)cc1. The van der Waals surface area contributed by atoms with Crippen LogP contribution in [0.5, 0.6) is 0 Å². The van der Waals surface area contributed by atoms with Crippen molar-refractivity contribution >= 4 is 0 Å². The summed E-state index contributed by atoms with van der Waals surface area (Å²) < 4.78 is 0. The van der Waals surface area contributed by atoms with E-state index >= 15 is 0 Å². The van der Waals surface area contributed by atoms with Crippen molar-refractivity contribution in [1.82, 2.24) is 5.32 Å². The fourth-order valence-corrected chi connectivity index (χ4v) is 2.35. The zero-order valence-electron chi connectivity index (χ0n) is 11.6. The van der Waals surface area contributed by atoms with Crippen LogP contribution >= 0.6 is 0 Å². The molecule has 1 N–H and O–H groups in total. The lowest BCUT2D eigenvalue weighted by molar-refractivity contribution is 0.254. The first-order chi connectivity index (χ1) is 7.94. The highest BCUT2D eigenvalue weighted by Crippen LogP contribution is 2.37. The Hall–Kier alpha value is -0.820. The molecule has 1 nitrogen and oxygen atoms in total. The maximum atomic E-state index is 3.67. The van der Waals surface area contributed by atoms with Gasteiger partial charge in [-0.2, -0.15) is 0 Å². The second kappa shape index (κ2) is 4.81. The third-order valence-corrected chi connectivity index (χ3v) is 3.61. The molecular weight excluding hydrogens is 206 g/mol. The normalized spacial score (nSPS) is 24.5. The Bertz CT molecular complexity index is 352. The second-order valence-corrected chi connectivity index (χ2v) is 6.72. The summed E-state index contributed by atoms with van der Waals surface area (Å²) in [5.41, 5.74) is 3.27. The zero-order valence-corrected chi connectivity index (χ0v) is 11.6. The van der Waals surface area contributed by atoms with E-state index in [4.69, 9.17) is 0 Å². The van der Waals surface area contributed by atoms with E-state index in [1.807, 2.05) is 0 Å². The average Bonchev–Trinajstić information content (AvgIpc) is 2.16. The lowest BCUT2D eigenvalue weighted by Gasteiger charge is -2.38. The minimum Gasteiger partial charge on any atom is -0.313 e. The second-order valence-electron chi connectivity index (χ2n) is 6.72. The van der Waals surface area contributed by atoms with Gasteiger partial charge in [-0.15, -0.1) is 0 Å². The van der Waals surface area contributed by atoms with Gasteiger partial charge in [-0.05, 0) is 36.7 Å². The number of hydrogen-bond donors (Lipinski definition) is 1. The highest BCUT2D eigenvalue weighted by molar-refractivity contribution is 5.26. The van der Waals surface area contributed by atoms with Crippen LogP contribution in [0.25, 0.3) is 0 Å². The molecule has 0 radical (unpaired) electrons. The molecule has 1 saturated carbocycles. The van der Waals surface area contributed by atoms with Gasteiger partial charge in [-0.3, -0.25) is 0 Å². The summed E-state index contributed by atoms with van der Waals surface area (Å²) in [5.74, 6) is 0.785. The van der Waals surface area contributed by atoms with Gasteiger partial charge in [0.1, 0.15) is 0 Å². The van der Waals surface area contributed by atoms with E-state index in [9.17, 15) is 0 Å². The molecule has 0 atom stereocenters. The minimum absolute atomic E-state index is 0.398. The van der Waals surface area contributed by atoms with Crippen LogP contribution in [0.4, 0.5) is 0 Å². The maximum absolute atomic E-state index is 3.67. The van der Waals surface area contributed by atoms with E-state index in [1.54, 1.807) is 0 Å². The number of hydrogen-bond acceptors (Lipinski definition) is 1.